The highest BCUT2D eigenvalue weighted by molar-refractivity contribution is 9.10. The molecule has 90 valence electrons. The Kier molecular flexibility index (Phi) is 3.32. The Labute approximate surface area is 96.4 Å². The van der Waals surface area contributed by atoms with E-state index in [0.717, 1.165) is 0 Å². The van der Waals surface area contributed by atoms with Crippen molar-refractivity contribution >= 4 is 26.0 Å². The van der Waals surface area contributed by atoms with Gasteiger partial charge in [0.05, 0.1) is 10.5 Å². The lowest BCUT2D eigenvalue weighted by atomic mass is 10.2. The average molecular weight is 322 g/mol. The van der Waals surface area contributed by atoms with E-state index in [1.165, 1.54) is 0 Å². The molecule has 0 saturated heterocycles. The Morgan fingerprint density at radius 1 is 1.25 bits per heavy atom. The van der Waals surface area contributed by atoms with Gasteiger partial charge in [-0.3, -0.25) is 0 Å². The summed E-state index contributed by atoms with van der Waals surface area (Å²) >= 11 is 2.45. The zero-order valence-electron chi connectivity index (χ0n) is 7.35. The predicted molar refractivity (Wildman–Crippen MR) is 50.5 cm³/mol. The second-order valence-electron chi connectivity index (χ2n) is 2.80. The molecular formula is C7H4BrF4NO2S. The Bertz CT molecular complexity index is 526. The normalized spacial score (nSPS) is 12.9. The number of nitrogens with two attached hydrogens (primary N) is 1. The molecule has 0 spiro atoms. The summed E-state index contributed by atoms with van der Waals surface area (Å²) < 4.78 is 71.4. The van der Waals surface area contributed by atoms with Crippen molar-refractivity contribution in [2.45, 2.75) is 11.1 Å². The van der Waals surface area contributed by atoms with Gasteiger partial charge in [0, 0.05) is 4.47 Å². The van der Waals surface area contributed by atoms with Crippen LogP contribution in [0.4, 0.5) is 17.6 Å². The van der Waals surface area contributed by atoms with Crippen molar-refractivity contribution in [3.63, 3.8) is 0 Å². The van der Waals surface area contributed by atoms with Crippen LogP contribution in [0.15, 0.2) is 21.5 Å². The summed E-state index contributed by atoms with van der Waals surface area (Å²) in [6, 6.07) is 0.737. The molecule has 1 aromatic carbocycles. The lowest BCUT2D eigenvalue weighted by Gasteiger charge is -2.13. The van der Waals surface area contributed by atoms with Gasteiger partial charge in [-0.25, -0.2) is 17.9 Å². The van der Waals surface area contributed by atoms with E-state index in [9.17, 15) is 26.0 Å². The van der Waals surface area contributed by atoms with Gasteiger partial charge in [0.2, 0.25) is 10.0 Å². The highest BCUT2D eigenvalue weighted by Crippen LogP contribution is 2.39. The van der Waals surface area contributed by atoms with Crippen molar-refractivity contribution in [3.8, 4) is 0 Å². The fraction of sp³-hybridized carbons (Fsp3) is 0.143. The van der Waals surface area contributed by atoms with Crippen LogP contribution in [0.1, 0.15) is 5.56 Å². The zero-order chi connectivity index (χ0) is 12.7. The summed E-state index contributed by atoms with van der Waals surface area (Å²) in [5.74, 6) is -1.14. The molecular weight excluding hydrogens is 318 g/mol. The maximum atomic E-state index is 12.8. The lowest BCUT2D eigenvalue weighted by molar-refractivity contribution is -0.140. The van der Waals surface area contributed by atoms with Gasteiger partial charge in [0.25, 0.3) is 0 Å². The molecule has 0 aliphatic heterocycles. The Balaban J connectivity index is 3.72. The second-order valence-corrected chi connectivity index (χ2v) is 5.19. The molecule has 0 fully saturated rings. The molecule has 1 aromatic rings. The second kappa shape index (κ2) is 3.97. The summed E-state index contributed by atoms with van der Waals surface area (Å²) in [7, 11) is -4.65. The van der Waals surface area contributed by atoms with Crippen LogP contribution in [-0.4, -0.2) is 8.42 Å². The fourth-order valence-electron chi connectivity index (χ4n) is 1.05. The van der Waals surface area contributed by atoms with E-state index in [0.29, 0.717) is 6.07 Å². The standard InChI is InChI=1S/C7H4BrF4NO2S/c8-4-1-3(9)2-5(16(13,14)15)6(4)7(10,11)12/h1-2H,(H2,13,14,15). The minimum Gasteiger partial charge on any atom is -0.225 e. The molecule has 0 bridgehead atoms. The minimum absolute atomic E-state index is 0.225. The monoisotopic (exact) mass is 321 g/mol. The summed E-state index contributed by atoms with van der Waals surface area (Å²) in [6.07, 6.45) is -4.95. The smallest absolute Gasteiger partial charge is 0.225 e. The summed E-state index contributed by atoms with van der Waals surface area (Å²) in [6.45, 7) is 0. The molecule has 0 heterocycles. The zero-order valence-corrected chi connectivity index (χ0v) is 9.75. The topological polar surface area (TPSA) is 60.2 Å². The molecule has 0 atom stereocenters. The molecule has 3 nitrogen and oxygen atoms in total. The Hall–Kier alpha value is -0.670. The minimum atomic E-state index is -4.95. The number of halogens is 5. The molecule has 0 aliphatic carbocycles. The quantitative estimate of drug-likeness (QED) is 0.806. The summed E-state index contributed by atoms with van der Waals surface area (Å²) in [4.78, 5) is -1.30. The third kappa shape index (κ3) is 2.71. The molecule has 9 heteroatoms. The lowest BCUT2D eigenvalue weighted by Crippen LogP contribution is -2.20. The maximum Gasteiger partial charge on any atom is 0.418 e. The van der Waals surface area contributed by atoms with E-state index in [4.69, 9.17) is 0 Å². The summed E-state index contributed by atoms with van der Waals surface area (Å²) in [5.41, 5.74) is -1.52. The van der Waals surface area contributed by atoms with Crippen LogP contribution in [0.25, 0.3) is 0 Å². The predicted octanol–water partition coefficient (Wildman–Crippen LogP) is 2.25. The van der Waals surface area contributed by atoms with E-state index in [-0.39, 0.29) is 6.07 Å². The number of primary sulfonamides is 1. The van der Waals surface area contributed by atoms with Crippen molar-refractivity contribution in [3.05, 3.63) is 28.0 Å². The van der Waals surface area contributed by atoms with Gasteiger partial charge in [0.1, 0.15) is 5.82 Å². The molecule has 2 N–H and O–H groups in total. The number of alkyl halides is 3. The molecule has 0 radical (unpaired) electrons. The van der Waals surface area contributed by atoms with Crippen LogP contribution in [0.3, 0.4) is 0 Å². The first-order valence-corrected chi connectivity index (χ1v) is 5.96. The first-order chi connectivity index (χ1) is 7.03. The van der Waals surface area contributed by atoms with Crippen LogP contribution in [0.5, 0.6) is 0 Å². The SMILES string of the molecule is NS(=O)(=O)c1cc(F)cc(Br)c1C(F)(F)F. The molecule has 0 aromatic heterocycles. The molecule has 0 aliphatic rings. The molecule has 16 heavy (non-hydrogen) atoms. The Morgan fingerprint density at radius 3 is 2.12 bits per heavy atom. The van der Waals surface area contributed by atoms with Crippen LogP contribution in [-0.2, 0) is 16.2 Å². The van der Waals surface area contributed by atoms with Gasteiger partial charge in [-0.15, -0.1) is 0 Å². The largest absolute Gasteiger partial charge is 0.418 e. The maximum absolute atomic E-state index is 12.8. The van der Waals surface area contributed by atoms with E-state index >= 15 is 0 Å². The van der Waals surface area contributed by atoms with Gasteiger partial charge < -0.3 is 0 Å². The van der Waals surface area contributed by atoms with Gasteiger partial charge >= 0.3 is 6.18 Å². The van der Waals surface area contributed by atoms with E-state index in [2.05, 4.69) is 21.1 Å². The van der Waals surface area contributed by atoms with Gasteiger partial charge in [0.15, 0.2) is 0 Å². The van der Waals surface area contributed by atoms with Crippen LogP contribution >= 0.6 is 15.9 Å². The molecule has 0 unspecified atom stereocenters. The number of benzene rings is 1. The molecule has 1 rings (SSSR count). The fourth-order valence-corrected chi connectivity index (χ4v) is 2.62. The van der Waals surface area contributed by atoms with E-state index in [1.807, 2.05) is 0 Å². The van der Waals surface area contributed by atoms with Gasteiger partial charge in [-0.2, -0.15) is 13.2 Å². The van der Waals surface area contributed by atoms with Crippen LogP contribution in [0.2, 0.25) is 0 Å². The highest BCUT2D eigenvalue weighted by Gasteiger charge is 2.39. The van der Waals surface area contributed by atoms with Gasteiger partial charge in [-0.1, -0.05) is 15.9 Å². The van der Waals surface area contributed by atoms with Crippen LogP contribution < -0.4 is 5.14 Å². The number of hydrogen-bond acceptors (Lipinski definition) is 2. The van der Waals surface area contributed by atoms with Gasteiger partial charge in [-0.05, 0) is 12.1 Å². The van der Waals surface area contributed by atoms with Crippen molar-refractivity contribution in [2.24, 2.45) is 5.14 Å². The van der Waals surface area contributed by atoms with Crippen molar-refractivity contribution in [1.82, 2.24) is 0 Å². The van der Waals surface area contributed by atoms with Crippen molar-refractivity contribution < 1.29 is 26.0 Å². The number of sulfonamides is 1. The molecule has 0 amide bonds. The number of hydrogen-bond donors (Lipinski definition) is 1. The first-order valence-electron chi connectivity index (χ1n) is 3.62. The first kappa shape index (κ1) is 13.4. The number of rotatable bonds is 1. The third-order valence-corrected chi connectivity index (χ3v) is 3.17. The highest BCUT2D eigenvalue weighted by atomic mass is 79.9. The van der Waals surface area contributed by atoms with E-state index < -0.39 is 36.9 Å². The third-order valence-electron chi connectivity index (χ3n) is 1.61. The average Bonchev–Trinajstić information content (AvgIpc) is 1.97. The van der Waals surface area contributed by atoms with Crippen molar-refractivity contribution in [2.75, 3.05) is 0 Å². The Morgan fingerprint density at radius 2 is 1.75 bits per heavy atom. The van der Waals surface area contributed by atoms with E-state index in [1.54, 1.807) is 0 Å². The van der Waals surface area contributed by atoms with Crippen LogP contribution in [0, 0.1) is 5.82 Å². The summed E-state index contributed by atoms with van der Waals surface area (Å²) in [5, 5.41) is 4.58. The molecule has 0 saturated carbocycles. The van der Waals surface area contributed by atoms with Crippen molar-refractivity contribution in [1.29, 1.82) is 0 Å².